The van der Waals surface area contributed by atoms with Crippen molar-refractivity contribution >= 4 is 17.7 Å². The first-order chi connectivity index (χ1) is 15.8. The van der Waals surface area contributed by atoms with Crippen LogP contribution in [0.5, 0.6) is 11.5 Å². The van der Waals surface area contributed by atoms with Gasteiger partial charge in [-0.2, -0.15) is 13.2 Å². The van der Waals surface area contributed by atoms with E-state index in [1.807, 2.05) is 18.2 Å². The molecule has 1 aliphatic carbocycles. The normalized spacial score (nSPS) is 22.7. The van der Waals surface area contributed by atoms with Gasteiger partial charge in [0, 0.05) is 11.6 Å². The van der Waals surface area contributed by atoms with Crippen molar-refractivity contribution in [1.29, 1.82) is 0 Å². The molecule has 0 saturated heterocycles. The predicted molar refractivity (Wildman–Crippen MR) is 118 cm³/mol. The van der Waals surface area contributed by atoms with Gasteiger partial charge >= 0.3 is 5.51 Å². The van der Waals surface area contributed by atoms with Crippen molar-refractivity contribution < 1.29 is 31.8 Å². The van der Waals surface area contributed by atoms with Crippen LogP contribution in [0.25, 0.3) is 0 Å². The lowest BCUT2D eigenvalue weighted by molar-refractivity contribution is -0.119. The summed E-state index contributed by atoms with van der Waals surface area (Å²) in [5.74, 6) is -0.0165. The fourth-order valence-electron chi connectivity index (χ4n) is 4.33. The second-order valence-electron chi connectivity index (χ2n) is 8.33. The molecule has 1 aliphatic heterocycles. The third-order valence-electron chi connectivity index (χ3n) is 5.94. The van der Waals surface area contributed by atoms with Crippen LogP contribution in [0.2, 0.25) is 0 Å². The summed E-state index contributed by atoms with van der Waals surface area (Å²) in [5, 5.41) is 2.68. The van der Waals surface area contributed by atoms with Crippen molar-refractivity contribution in [3.63, 3.8) is 0 Å². The van der Waals surface area contributed by atoms with E-state index in [-0.39, 0.29) is 35.8 Å². The Kier molecular flexibility index (Phi) is 7.36. The third kappa shape index (κ3) is 6.56. The summed E-state index contributed by atoms with van der Waals surface area (Å²) < 4.78 is 62.9. The smallest absolute Gasteiger partial charge is 0.442 e. The molecule has 1 saturated carbocycles. The zero-order chi connectivity index (χ0) is 23.4. The van der Waals surface area contributed by atoms with E-state index in [1.165, 1.54) is 6.07 Å². The molecule has 4 nitrogen and oxygen atoms in total. The van der Waals surface area contributed by atoms with Crippen LogP contribution >= 0.6 is 11.8 Å². The number of carbonyl (C=O) groups is 1. The number of thioether (sulfide) groups is 1. The summed E-state index contributed by atoms with van der Waals surface area (Å²) in [4.78, 5) is 11.7. The van der Waals surface area contributed by atoms with Gasteiger partial charge in [0.05, 0.1) is 11.9 Å². The van der Waals surface area contributed by atoms with Gasteiger partial charge in [0.2, 0.25) is 5.91 Å². The quantitative estimate of drug-likeness (QED) is 0.516. The van der Waals surface area contributed by atoms with E-state index >= 15 is 0 Å². The monoisotopic (exact) mass is 483 g/mol. The minimum absolute atomic E-state index is 0.0172. The minimum atomic E-state index is -4.40. The average molecular weight is 484 g/mol. The lowest BCUT2D eigenvalue weighted by Gasteiger charge is -2.30. The second kappa shape index (κ2) is 10.2. The molecular formula is C24H25F4NO3S. The molecule has 2 aromatic carbocycles. The predicted octanol–water partition coefficient (Wildman–Crippen LogP) is 5.95. The Balaban J connectivity index is 1.26. The van der Waals surface area contributed by atoms with Crippen LogP contribution in [0, 0.1) is 5.82 Å². The van der Waals surface area contributed by atoms with Gasteiger partial charge in [-0.05, 0) is 80.1 Å². The van der Waals surface area contributed by atoms with Crippen molar-refractivity contribution in [2.45, 2.75) is 62.3 Å². The molecule has 1 unspecified atom stereocenters. The highest BCUT2D eigenvalue weighted by molar-refractivity contribution is 8.00. The van der Waals surface area contributed by atoms with Crippen molar-refractivity contribution in [3.05, 3.63) is 59.4 Å². The maximum atomic E-state index is 14.1. The van der Waals surface area contributed by atoms with E-state index in [2.05, 4.69) is 5.32 Å². The fourth-order valence-corrected chi connectivity index (χ4v) is 4.71. The van der Waals surface area contributed by atoms with Crippen LogP contribution in [0.15, 0.2) is 42.5 Å². The number of fused-ring (bicyclic) bond motifs is 1. The molecule has 0 spiro atoms. The van der Waals surface area contributed by atoms with E-state index in [0.29, 0.717) is 37.7 Å². The first-order valence-electron chi connectivity index (χ1n) is 11.0. The zero-order valence-corrected chi connectivity index (χ0v) is 18.7. The molecule has 33 heavy (non-hydrogen) atoms. The standard InChI is InChI=1S/C24H25F4NO3S/c25-20-4-2-1-3-19(20)22-11-5-15-13-18(10-12-21(15)32-22)31-17-8-6-16(7-9-17)29-23(30)14-33-24(26,27)28/h1-4,10,12-13,16-17,22H,5-9,11,14H2,(H,29,30). The van der Waals surface area contributed by atoms with Gasteiger partial charge < -0.3 is 14.8 Å². The summed E-state index contributed by atoms with van der Waals surface area (Å²) in [6.45, 7) is 0. The lowest BCUT2D eigenvalue weighted by Crippen LogP contribution is -2.40. The summed E-state index contributed by atoms with van der Waals surface area (Å²) in [6, 6.07) is 12.2. The van der Waals surface area contributed by atoms with Crippen LogP contribution in [-0.2, 0) is 11.2 Å². The van der Waals surface area contributed by atoms with Gasteiger partial charge in [-0.25, -0.2) is 4.39 Å². The summed E-state index contributed by atoms with van der Waals surface area (Å²) in [6.07, 6.45) is 3.83. The Labute approximate surface area is 194 Å². The number of benzene rings is 2. The molecule has 1 N–H and O–H groups in total. The Morgan fingerprint density at radius 2 is 1.85 bits per heavy atom. The Morgan fingerprint density at radius 1 is 1.09 bits per heavy atom. The Morgan fingerprint density at radius 3 is 2.58 bits per heavy atom. The number of amides is 1. The summed E-state index contributed by atoms with van der Waals surface area (Å²) in [7, 11) is 0. The minimum Gasteiger partial charge on any atom is -0.490 e. The van der Waals surface area contributed by atoms with Crippen LogP contribution in [-0.4, -0.2) is 29.3 Å². The fraction of sp³-hybridized carbons (Fsp3) is 0.458. The zero-order valence-electron chi connectivity index (χ0n) is 17.9. The van der Waals surface area contributed by atoms with Gasteiger partial charge in [-0.1, -0.05) is 18.2 Å². The van der Waals surface area contributed by atoms with Crippen LogP contribution in [0.1, 0.15) is 49.3 Å². The first kappa shape index (κ1) is 23.7. The summed E-state index contributed by atoms with van der Waals surface area (Å²) in [5.41, 5.74) is -2.82. The van der Waals surface area contributed by atoms with Gasteiger partial charge in [-0.15, -0.1) is 0 Å². The number of alkyl halides is 3. The molecule has 4 rings (SSSR count). The van der Waals surface area contributed by atoms with E-state index in [1.54, 1.807) is 18.2 Å². The maximum absolute atomic E-state index is 14.1. The van der Waals surface area contributed by atoms with E-state index < -0.39 is 17.2 Å². The largest absolute Gasteiger partial charge is 0.490 e. The molecule has 0 bridgehead atoms. The molecule has 1 amide bonds. The Hall–Kier alpha value is -2.42. The molecule has 9 heteroatoms. The highest BCUT2D eigenvalue weighted by Gasteiger charge is 2.30. The molecular weight excluding hydrogens is 458 g/mol. The van der Waals surface area contributed by atoms with Gasteiger partial charge in [-0.3, -0.25) is 4.79 Å². The number of nitrogens with one attached hydrogen (secondary N) is 1. The van der Waals surface area contributed by atoms with Crippen molar-refractivity contribution in [1.82, 2.24) is 5.32 Å². The molecule has 1 atom stereocenters. The molecule has 0 aromatic heterocycles. The topological polar surface area (TPSA) is 47.6 Å². The Bertz CT molecular complexity index is 976. The molecule has 178 valence electrons. The van der Waals surface area contributed by atoms with Crippen molar-refractivity contribution in [3.8, 4) is 11.5 Å². The van der Waals surface area contributed by atoms with E-state index in [4.69, 9.17) is 9.47 Å². The SMILES string of the molecule is O=C(CSC(F)(F)F)NC1CCC(Oc2ccc3c(c2)CCC(c2ccccc2F)O3)CC1. The molecule has 1 fully saturated rings. The number of ether oxygens (including phenoxy) is 2. The number of halogens is 4. The van der Waals surface area contributed by atoms with Gasteiger partial charge in [0.25, 0.3) is 0 Å². The van der Waals surface area contributed by atoms with Gasteiger partial charge in [0.15, 0.2) is 0 Å². The van der Waals surface area contributed by atoms with Crippen molar-refractivity contribution in [2.24, 2.45) is 0 Å². The van der Waals surface area contributed by atoms with Crippen molar-refractivity contribution in [2.75, 3.05) is 5.75 Å². The maximum Gasteiger partial charge on any atom is 0.442 e. The molecule has 0 radical (unpaired) electrons. The van der Waals surface area contributed by atoms with Crippen LogP contribution in [0.4, 0.5) is 17.6 Å². The lowest BCUT2D eigenvalue weighted by atomic mass is 9.93. The number of rotatable bonds is 6. The number of hydrogen-bond donors (Lipinski definition) is 1. The summed E-state index contributed by atoms with van der Waals surface area (Å²) >= 11 is -0.322. The average Bonchev–Trinajstić information content (AvgIpc) is 2.79. The number of aryl methyl sites for hydroxylation is 1. The number of hydrogen-bond acceptors (Lipinski definition) is 4. The highest BCUT2D eigenvalue weighted by atomic mass is 32.2. The van der Waals surface area contributed by atoms with Gasteiger partial charge in [0.1, 0.15) is 23.4 Å². The van der Waals surface area contributed by atoms with Crippen LogP contribution < -0.4 is 14.8 Å². The third-order valence-corrected chi connectivity index (χ3v) is 6.67. The molecule has 1 heterocycles. The van der Waals surface area contributed by atoms with E-state index in [9.17, 15) is 22.4 Å². The number of carbonyl (C=O) groups excluding carboxylic acids is 1. The highest BCUT2D eigenvalue weighted by Crippen LogP contribution is 2.38. The van der Waals surface area contributed by atoms with E-state index in [0.717, 1.165) is 23.5 Å². The second-order valence-corrected chi connectivity index (χ2v) is 9.37. The molecule has 2 aromatic rings. The molecule has 2 aliphatic rings. The first-order valence-corrected chi connectivity index (χ1v) is 12.0. The van der Waals surface area contributed by atoms with Crippen LogP contribution in [0.3, 0.4) is 0 Å².